The molecule has 21 heavy (non-hydrogen) atoms. The van der Waals surface area contributed by atoms with Crippen LogP contribution in [0.2, 0.25) is 0 Å². The summed E-state index contributed by atoms with van der Waals surface area (Å²) in [7, 11) is 0. The summed E-state index contributed by atoms with van der Waals surface area (Å²) in [6.07, 6.45) is -0.821. The fourth-order valence-corrected chi connectivity index (χ4v) is 1.72. The molecule has 0 radical (unpaired) electrons. The normalized spacial score (nSPS) is 11.3. The average Bonchev–Trinajstić information content (AvgIpc) is 2.47. The van der Waals surface area contributed by atoms with Crippen molar-refractivity contribution in [3.63, 3.8) is 0 Å². The van der Waals surface area contributed by atoms with Gasteiger partial charge in [-0.25, -0.2) is 4.39 Å². The second-order valence-corrected chi connectivity index (χ2v) is 4.36. The van der Waals surface area contributed by atoms with Gasteiger partial charge in [0.25, 0.3) is 5.91 Å². The molecule has 1 unspecified atom stereocenters. The van der Waals surface area contributed by atoms with Crippen LogP contribution in [0.4, 0.5) is 10.1 Å². The maximum Gasteiger partial charge on any atom is 0.265 e. The van der Waals surface area contributed by atoms with Gasteiger partial charge in [-0.2, -0.15) is 5.26 Å². The van der Waals surface area contributed by atoms with Crippen molar-refractivity contribution in [2.24, 2.45) is 0 Å². The Labute approximate surface area is 121 Å². The highest BCUT2D eigenvalue weighted by atomic mass is 19.1. The lowest BCUT2D eigenvalue weighted by Crippen LogP contribution is -2.30. The maximum atomic E-state index is 13.0. The number of para-hydroxylation sites is 1. The number of hydrogen-bond acceptors (Lipinski definition) is 3. The summed E-state index contributed by atoms with van der Waals surface area (Å²) in [6.45, 7) is 1.55. The van der Waals surface area contributed by atoms with E-state index in [2.05, 4.69) is 5.32 Å². The molecule has 0 aliphatic heterocycles. The third-order valence-corrected chi connectivity index (χ3v) is 2.78. The molecular weight excluding hydrogens is 271 g/mol. The molecular formula is C16H13FN2O2. The standard InChI is InChI=1S/C16H13FN2O2/c1-11(21-14-7-4-6-13(17)9-14)16(20)19-15-8-3-2-5-12(15)10-18/h2-9,11H,1H3,(H,19,20). The van der Waals surface area contributed by atoms with Crippen molar-refractivity contribution in [3.8, 4) is 11.8 Å². The molecule has 0 spiro atoms. The molecule has 0 saturated heterocycles. The van der Waals surface area contributed by atoms with Gasteiger partial charge in [-0.3, -0.25) is 4.79 Å². The van der Waals surface area contributed by atoms with Gasteiger partial charge in [0.1, 0.15) is 17.6 Å². The Hall–Kier alpha value is -2.87. The smallest absolute Gasteiger partial charge is 0.265 e. The number of hydrogen-bond donors (Lipinski definition) is 1. The summed E-state index contributed by atoms with van der Waals surface area (Å²) >= 11 is 0. The molecule has 5 heteroatoms. The second kappa shape index (κ2) is 6.53. The summed E-state index contributed by atoms with van der Waals surface area (Å²) in [5, 5.41) is 11.6. The average molecular weight is 284 g/mol. The number of nitriles is 1. The number of carbonyl (C=O) groups is 1. The predicted molar refractivity (Wildman–Crippen MR) is 76.3 cm³/mol. The van der Waals surface area contributed by atoms with Gasteiger partial charge in [-0.1, -0.05) is 18.2 Å². The molecule has 2 aromatic rings. The summed E-state index contributed by atoms with van der Waals surface area (Å²) in [4.78, 5) is 12.0. The van der Waals surface area contributed by atoms with Crippen molar-refractivity contribution in [1.29, 1.82) is 5.26 Å². The third-order valence-electron chi connectivity index (χ3n) is 2.78. The minimum absolute atomic E-state index is 0.270. The van der Waals surface area contributed by atoms with Crippen LogP contribution in [0.25, 0.3) is 0 Å². The maximum absolute atomic E-state index is 13.0. The Balaban J connectivity index is 2.05. The fourth-order valence-electron chi connectivity index (χ4n) is 1.72. The lowest BCUT2D eigenvalue weighted by atomic mass is 10.2. The van der Waals surface area contributed by atoms with Crippen LogP contribution in [-0.2, 0) is 4.79 Å². The van der Waals surface area contributed by atoms with Gasteiger partial charge >= 0.3 is 0 Å². The molecule has 4 nitrogen and oxygen atoms in total. The monoisotopic (exact) mass is 284 g/mol. The number of nitrogens with one attached hydrogen (secondary N) is 1. The molecule has 1 atom stereocenters. The number of benzene rings is 2. The number of halogens is 1. The fraction of sp³-hybridized carbons (Fsp3) is 0.125. The zero-order valence-corrected chi connectivity index (χ0v) is 11.3. The number of rotatable bonds is 4. The Morgan fingerprint density at radius 3 is 2.76 bits per heavy atom. The van der Waals surface area contributed by atoms with Crippen LogP contribution in [0.1, 0.15) is 12.5 Å². The summed E-state index contributed by atoms with van der Waals surface area (Å²) in [5.74, 6) is -0.580. The first-order valence-corrected chi connectivity index (χ1v) is 6.32. The highest BCUT2D eigenvalue weighted by Gasteiger charge is 2.16. The van der Waals surface area contributed by atoms with Crippen LogP contribution in [0, 0.1) is 17.1 Å². The van der Waals surface area contributed by atoms with Crippen molar-refractivity contribution >= 4 is 11.6 Å². The second-order valence-electron chi connectivity index (χ2n) is 4.36. The number of ether oxygens (including phenoxy) is 1. The van der Waals surface area contributed by atoms with Crippen molar-refractivity contribution in [1.82, 2.24) is 0 Å². The van der Waals surface area contributed by atoms with E-state index < -0.39 is 17.8 Å². The molecule has 0 aliphatic rings. The van der Waals surface area contributed by atoms with E-state index in [-0.39, 0.29) is 5.75 Å². The SMILES string of the molecule is CC(Oc1cccc(F)c1)C(=O)Nc1ccccc1C#N. The summed E-state index contributed by atoms with van der Waals surface area (Å²) in [5.41, 5.74) is 0.781. The van der Waals surface area contributed by atoms with E-state index >= 15 is 0 Å². The van der Waals surface area contributed by atoms with E-state index in [1.54, 1.807) is 37.3 Å². The summed E-state index contributed by atoms with van der Waals surface area (Å²) in [6, 6.07) is 14.2. The first-order valence-electron chi connectivity index (χ1n) is 6.32. The molecule has 1 N–H and O–H groups in total. The van der Waals surface area contributed by atoms with Gasteiger partial charge in [0, 0.05) is 6.07 Å². The van der Waals surface area contributed by atoms with Crippen molar-refractivity contribution in [3.05, 3.63) is 59.9 Å². The molecule has 1 amide bonds. The molecule has 0 saturated carbocycles. The van der Waals surface area contributed by atoms with E-state index in [1.165, 1.54) is 18.2 Å². The van der Waals surface area contributed by atoms with Gasteiger partial charge in [-0.05, 0) is 31.2 Å². The first-order chi connectivity index (χ1) is 10.1. The molecule has 0 fully saturated rings. The van der Waals surface area contributed by atoms with E-state index in [1.807, 2.05) is 6.07 Å². The van der Waals surface area contributed by atoms with Crippen LogP contribution in [0.5, 0.6) is 5.75 Å². The molecule has 0 heterocycles. The van der Waals surface area contributed by atoms with Gasteiger partial charge in [0.15, 0.2) is 6.10 Å². The Bertz CT molecular complexity index is 695. The first kappa shape index (κ1) is 14.5. The topological polar surface area (TPSA) is 62.1 Å². The number of anilines is 1. The van der Waals surface area contributed by atoms with Gasteiger partial charge in [0.2, 0.25) is 0 Å². The number of carbonyl (C=O) groups excluding carboxylic acids is 1. The minimum atomic E-state index is -0.821. The van der Waals surface area contributed by atoms with Crippen LogP contribution in [0.3, 0.4) is 0 Å². The van der Waals surface area contributed by atoms with E-state index in [0.717, 1.165) is 0 Å². The Morgan fingerprint density at radius 2 is 2.05 bits per heavy atom. The lowest BCUT2D eigenvalue weighted by Gasteiger charge is -2.15. The highest BCUT2D eigenvalue weighted by Crippen LogP contribution is 2.16. The Morgan fingerprint density at radius 1 is 1.29 bits per heavy atom. The number of nitrogens with zero attached hydrogens (tertiary/aromatic N) is 1. The molecule has 2 aromatic carbocycles. The molecule has 106 valence electrons. The van der Waals surface area contributed by atoms with E-state index in [0.29, 0.717) is 11.3 Å². The molecule has 2 rings (SSSR count). The Kier molecular flexibility index (Phi) is 4.52. The van der Waals surface area contributed by atoms with E-state index in [4.69, 9.17) is 10.00 Å². The third kappa shape index (κ3) is 3.80. The van der Waals surface area contributed by atoms with Crippen LogP contribution in [-0.4, -0.2) is 12.0 Å². The van der Waals surface area contributed by atoms with Crippen molar-refractivity contribution in [2.75, 3.05) is 5.32 Å². The van der Waals surface area contributed by atoms with Gasteiger partial charge < -0.3 is 10.1 Å². The van der Waals surface area contributed by atoms with Crippen molar-refractivity contribution in [2.45, 2.75) is 13.0 Å². The zero-order valence-electron chi connectivity index (χ0n) is 11.3. The summed E-state index contributed by atoms with van der Waals surface area (Å²) < 4.78 is 18.4. The minimum Gasteiger partial charge on any atom is -0.481 e. The quantitative estimate of drug-likeness (QED) is 0.938. The number of amides is 1. The van der Waals surface area contributed by atoms with Crippen LogP contribution < -0.4 is 10.1 Å². The molecule has 0 aromatic heterocycles. The largest absolute Gasteiger partial charge is 0.481 e. The highest BCUT2D eigenvalue weighted by molar-refractivity contribution is 5.95. The zero-order chi connectivity index (χ0) is 15.2. The van der Waals surface area contributed by atoms with Crippen LogP contribution >= 0.6 is 0 Å². The molecule has 0 aliphatic carbocycles. The molecule has 0 bridgehead atoms. The van der Waals surface area contributed by atoms with Crippen molar-refractivity contribution < 1.29 is 13.9 Å². The predicted octanol–water partition coefficient (Wildman–Crippen LogP) is 3.10. The lowest BCUT2D eigenvalue weighted by molar-refractivity contribution is -0.122. The van der Waals surface area contributed by atoms with Crippen LogP contribution in [0.15, 0.2) is 48.5 Å². The van der Waals surface area contributed by atoms with Gasteiger partial charge in [0.05, 0.1) is 11.3 Å². The van der Waals surface area contributed by atoms with Gasteiger partial charge in [-0.15, -0.1) is 0 Å². The van der Waals surface area contributed by atoms with E-state index in [9.17, 15) is 9.18 Å².